The van der Waals surface area contributed by atoms with E-state index in [1.165, 1.54) is 6.08 Å². The lowest BCUT2D eigenvalue weighted by Gasteiger charge is -2.05. The number of rotatable bonds is 4. The van der Waals surface area contributed by atoms with Crippen LogP contribution in [0.1, 0.15) is 17.3 Å². The van der Waals surface area contributed by atoms with Crippen LogP contribution in [0.25, 0.3) is 16.6 Å². The maximum atomic E-state index is 12.4. The molecule has 0 fully saturated rings. The Hall–Kier alpha value is -3.17. The summed E-state index contributed by atoms with van der Waals surface area (Å²) in [5.41, 5.74) is 3.28. The lowest BCUT2D eigenvalue weighted by Crippen LogP contribution is -2.05. The first kappa shape index (κ1) is 14.8. The molecule has 23 heavy (non-hydrogen) atoms. The molecule has 0 radical (unpaired) electrons. The van der Waals surface area contributed by atoms with Crippen molar-refractivity contribution in [3.8, 4) is 11.1 Å². The number of benzene rings is 1. The summed E-state index contributed by atoms with van der Waals surface area (Å²) >= 11 is 0. The first-order valence-electron chi connectivity index (χ1n) is 7.19. The van der Waals surface area contributed by atoms with Crippen molar-refractivity contribution in [2.24, 2.45) is 4.99 Å². The van der Waals surface area contributed by atoms with E-state index in [2.05, 4.69) is 4.99 Å². The zero-order chi connectivity index (χ0) is 16.2. The number of carbonyl (C=O) groups excluding carboxylic acids is 2. The molecule has 0 aliphatic carbocycles. The van der Waals surface area contributed by atoms with Gasteiger partial charge in [-0.1, -0.05) is 18.2 Å². The number of hydrogen-bond acceptors (Lipinski definition) is 4. The zero-order valence-electron chi connectivity index (χ0n) is 12.5. The fraction of sp³-hybridized carbons (Fsp3) is 0.111. The molecule has 0 aliphatic heterocycles. The molecule has 0 spiro atoms. The Morgan fingerprint density at radius 2 is 2.13 bits per heavy atom. The molecule has 0 amide bonds. The zero-order valence-corrected chi connectivity index (χ0v) is 12.5. The van der Waals surface area contributed by atoms with Gasteiger partial charge in [0.2, 0.25) is 6.08 Å². The average molecular weight is 306 g/mol. The molecule has 0 aliphatic rings. The highest BCUT2D eigenvalue weighted by atomic mass is 16.5. The number of pyridine rings is 1. The van der Waals surface area contributed by atoms with Crippen LogP contribution in [0.15, 0.2) is 59.9 Å². The van der Waals surface area contributed by atoms with E-state index < -0.39 is 0 Å². The minimum absolute atomic E-state index is 0.303. The van der Waals surface area contributed by atoms with Gasteiger partial charge in [0.05, 0.1) is 23.4 Å². The van der Waals surface area contributed by atoms with Crippen molar-refractivity contribution in [2.75, 3.05) is 6.61 Å². The monoisotopic (exact) mass is 306 g/mol. The van der Waals surface area contributed by atoms with Crippen LogP contribution in [0, 0.1) is 0 Å². The van der Waals surface area contributed by atoms with E-state index in [-0.39, 0.29) is 5.97 Å². The number of fused-ring (bicyclic) bond motifs is 1. The van der Waals surface area contributed by atoms with E-state index in [1.807, 2.05) is 41.1 Å². The predicted molar refractivity (Wildman–Crippen MR) is 86.6 cm³/mol. The Morgan fingerprint density at radius 3 is 2.91 bits per heavy atom. The molecule has 5 heteroatoms. The summed E-state index contributed by atoms with van der Waals surface area (Å²) in [7, 11) is 0. The minimum Gasteiger partial charge on any atom is -0.462 e. The summed E-state index contributed by atoms with van der Waals surface area (Å²) in [6, 6.07) is 12.7. The van der Waals surface area contributed by atoms with E-state index >= 15 is 0 Å². The van der Waals surface area contributed by atoms with E-state index in [0.29, 0.717) is 17.9 Å². The summed E-state index contributed by atoms with van der Waals surface area (Å²) in [5.74, 6) is -0.375. The summed E-state index contributed by atoms with van der Waals surface area (Å²) in [6.07, 6.45) is 5.26. The number of aromatic nitrogens is 1. The lowest BCUT2D eigenvalue weighted by atomic mass is 10.0. The van der Waals surface area contributed by atoms with Gasteiger partial charge in [-0.2, -0.15) is 4.99 Å². The molecule has 2 aromatic heterocycles. The number of carbonyl (C=O) groups is 1. The normalized spacial score (nSPS) is 10.3. The fourth-order valence-corrected chi connectivity index (χ4v) is 2.55. The Labute approximate surface area is 132 Å². The van der Waals surface area contributed by atoms with Gasteiger partial charge in [-0.3, -0.25) is 0 Å². The van der Waals surface area contributed by atoms with Crippen LogP contribution in [0.3, 0.4) is 0 Å². The first-order valence-corrected chi connectivity index (χ1v) is 7.19. The highest BCUT2D eigenvalue weighted by Gasteiger charge is 2.20. The third-order valence-electron chi connectivity index (χ3n) is 3.50. The van der Waals surface area contributed by atoms with Crippen LogP contribution in [0.4, 0.5) is 5.69 Å². The van der Waals surface area contributed by atoms with E-state index in [1.54, 1.807) is 25.1 Å². The van der Waals surface area contributed by atoms with Crippen molar-refractivity contribution in [1.29, 1.82) is 0 Å². The van der Waals surface area contributed by atoms with Crippen molar-refractivity contribution in [3.05, 3.63) is 60.4 Å². The number of aliphatic imine (C=N–C) groups is 1. The Bertz CT molecular complexity index is 921. The maximum absolute atomic E-state index is 12.4. The van der Waals surface area contributed by atoms with Gasteiger partial charge in [-0.15, -0.1) is 0 Å². The number of isocyanates is 1. The number of esters is 1. The van der Waals surface area contributed by atoms with E-state index in [0.717, 1.165) is 16.6 Å². The summed E-state index contributed by atoms with van der Waals surface area (Å²) in [4.78, 5) is 26.5. The van der Waals surface area contributed by atoms with Gasteiger partial charge in [0.15, 0.2) is 0 Å². The van der Waals surface area contributed by atoms with Crippen LogP contribution in [-0.2, 0) is 9.53 Å². The molecule has 0 saturated heterocycles. The fourth-order valence-electron chi connectivity index (χ4n) is 2.55. The van der Waals surface area contributed by atoms with Gasteiger partial charge >= 0.3 is 5.97 Å². The summed E-state index contributed by atoms with van der Waals surface area (Å²) < 4.78 is 7.07. The average Bonchev–Trinajstić information content (AvgIpc) is 2.95. The molecule has 3 aromatic rings. The van der Waals surface area contributed by atoms with Gasteiger partial charge in [0, 0.05) is 18.0 Å². The van der Waals surface area contributed by atoms with Gasteiger partial charge in [-0.25, -0.2) is 9.59 Å². The van der Waals surface area contributed by atoms with Crippen molar-refractivity contribution in [2.45, 2.75) is 6.92 Å². The lowest BCUT2D eigenvalue weighted by molar-refractivity contribution is 0.0529. The van der Waals surface area contributed by atoms with Gasteiger partial charge in [0.25, 0.3) is 0 Å². The Morgan fingerprint density at radius 1 is 1.26 bits per heavy atom. The second-order valence-electron chi connectivity index (χ2n) is 4.88. The maximum Gasteiger partial charge on any atom is 0.340 e. The number of hydrogen-bond donors (Lipinski definition) is 0. The molecule has 0 bridgehead atoms. The smallest absolute Gasteiger partial charge is 0.340 e. The van der Waals surface area contributed by atoms with Crippen LogP contribution >= 0.6 is 0 Å². The molecular formula is C18H14N2O3. The largest absolute Gasteiger partial charge is 0.462 e. The Balaban J connectivity index is 2.24. The van der Waals surface area contributed by atoms with Crippen molar-refractivity contribution < 1.29 is 14.3 Å². The molecule has 2 heterocycles. The second-order valence-corrected chi connectivity index (χ2v) is 4.88. The third-order valence-corrected chi connectivity index (χ3v) is 3.50. The molecule has 5 nitrogen and oxygen atoms in total. The molecule has 1 aromatic carbocycles. The van der Waals surface area contributed by atoms with Crippen molar-refractivity contribution >= 4 is 23.3 Å². The number of ether oxygens (including phenoxy) is 1. The van der Waals surface area contributed by atoms with Gasteiger partial charge in [-0.05, 0) is 36.8 Å². The highest BCUT2D eigenvalue weighted by Crippen LogP contribution is 2.31. The molecule has 114 valence electrons. The van der Waals surface area contributed by atoms with Gasteiger partial charge in [0.1, 0.15) is 0 Å². The van der Waals surface area contributed by atoms with Crippen LogP contribution in [0.5, 0.6) is 0 Å². The standard InChI is InChI=1S/C18H14N2O3/c1-2-23-18(22)17-15(11-20-9-4-3-8-16(17)20)13-6-5-7-14(10-13)19-12-21/h3-11H,2H2,1H3. The van der Waals surface area contributed by atoms with E-state index in [4.69, 9.17) is 4.74 Å². The van der Waals surface area contributed by atoms with Gasteiger partial charge < -0.3 is 9.14 Å². The second kappa shape index (κ2) is 6.30. The Kier molecular flexibility index (Phi) is 4.04. The number of nitrogens with zero attached hydrogens (tertiary/aromatic N) is 2. The van der Waals surface area contributed by atoms with E-state index in [9.17, 15) is 9.59 Å². The van der Waals surface area contributed by atoms with Crippen molar-refractivity contribution in [3.63, 3.8) is 0 Å². The molecule has 0 saturated carbocycles. The van der Waals surface area contributed by atoms with Crippen molar-refractivity contribution in [1.82, 2.24) is 4.40 Å². The highest BCUT2D eigenvalue weighted by molar-refractivity contribution is 6.04. The topological polar surface area (TPSA) is 60.1 Å². The predicted octanol–water partition coefficient (Wildman–Crippen LogP) is 3.75. The summed E-state index contributed by atoms with van der Waals surface area (Å²) in [6.45, 7) is 2.08. The minimum atomic E-state index is -0.375. The molecule has 3 rings (SSSR count). The first-order chi connectivity index (χ1) is 11.2. The van der Waals surface area contributed by atoms with Crippen LogP contribution in [-0.4, -0.2) is 23.1 Å². The molecule has 0 atom stereocenters. The summed E-state index contributed by atoms with van der Waals surface area (Å²) in [5, 5.41) is 0. The van der Waals surface area contributed by atoms with Crippen LogP contribution < -0.4 is 0 Å². The third kappa shape index (κ3) is 2.78. The molecule has 0 N–H and O–H groups in total. The molecule has 0 unspecified atom stereocenters. The quantitative estimate of drug-likeness (QED) is 0.419. The SMILES string of the molecule is CCOC(=O)c1c(-c2cccc(N=C=O)c2)cn2ccccc12. The van der Waals surface area contributed by atoms with Crippen LogP contribution in [0.2, 0.25) is 0 Å². The molecular weight excluding hydrogens is 292 g/mol.